The second-order valence-electron chi connectivity index (χ2n) is 7.72. The fourth-order valence-electron chi connectivity index (χ4n) is 4.34. The van der Waals surface area contributed by atoms with E-state index in [-0.39, 0.29) is 43.6 Å². The van der Waals surface area contributed by atoms with Crippen molar-refractivity contribution in [3.63, 3.8) is 0 Å². The molecule has 0 aliphatic carbocycles. The molecule has 0 saturated carbocycles. The summed E-state index contributed by atoms with van der Waals surface area (Å²) >= 11 is 0. The minimum Gasteiger partial charge on any atom is -0.480 e. The Hall–Kier alpha value is -2.30. The zero-order chi connectivity index (χ0) is 22.3. The summed E-state index contributed by atoms with van der Waals surface area (Å²) in [6.07, 6.45) is -4.21. The third kappa shape index (κ3) is 3.56. The van der Waals surface area contributed by atoms with Crippen LogP contribution in [0.2, 0.25) is 0 Å². The molecule has 2 saturated heterocycles. The predicted octanol–water partition coefficient (Wildman–Crippen LogP) is -3.42. The summed E-state index contributed by atoms with van der Waals surface area (Å²) in [6.45, 7) is -0.989. The number of hydrogen-bond donors (Lipinski definition) is 6. The van der Waals surface area contributed by atoms with Crippen molar-refractivity contribution in [3.8, 4) is 0 Å². The summed E-state index contributed by atoms with van der Waals surface area (Å²) in [5.74, 6) is -0.759. The maximum atomic E-state index is 11.3. The number of nitrogens with two attached hydrogens (primary N) is 1. The molecule has 4 heterocycles. The van der Waals surface area contributed by atoms with Gasteiger partial charge in [0.15, 0.2) is 17.6 Å². The van der Waals surface area contributed by atoms with Crippen LogP contribution in [0.25, 0.3) is 0 Å². The standard InChI is InChI=1S/C17H24N6O8/c18-15-12-16(20-6-19-15)23(7-21-12,17-14(29)13(28)9(5-25)31-17)10-2-22(3-11(26)27)1-8(4-24)30-10/h6-10,13-14,17,24-25,28-29H,1-5H2,(H2-,18,19,20,26,27)/p+1/t8?,9-,10?,13-,14-,17-,23?/m1/s1. The van der Waals surface area contributed by atoms with Crippen LogP contribution < -0.4 is 10.2 Å². The van der Waals surface area contributed by atoms with Gasteiger partial charge in [-0.15, -0.1) is 0 Å². The predicted molar refractivity (Wildman–Crippen MR) is 104 cm³/mol. The molecule has 3 aliphatic rings. The lowest BCUT2D eigenvalue weighted by atomic mass is 10.1. The molecule has 1 aromatic heterocycles. The number of carboxylic acids is 1. The van der Waals surface area contributed by atoms with Crippen LogP contribution >= 0.6 is 0 Å². The highest BCUT2D eigenvalue weighted by atomic mass is 16.6. The molecule has 4 rings (SSSR count). The third-order valence-electron chi connectivity index (χ3n) is 5.78. The van der Waals surface area contributed by atoms with Gasteiger partial charge in [0, 0.05) is 6.54 Å². The summed E-state index contributed by atoms with van der Waals surface area (Å²) in [6, 6.07) is 0. The summed E-state index contributed by atoms with van der Waals surface area (Å²) in [5, 5.41) is 49.7. The molecule has 0 bridgehead atoms. The third-order valence-corrected chi connectivity index (χ3v) is 5.78. The molecule has 3 unspecified atom stereocenters. The fourth-order valence-corrected chi connectivity index (χ4v) is 4.34. The SMILES string of the molecule is Nc1ncnc2c1N=C[N+]2(C1CN(CC(=O)O)CC(CO)O1)[C@@H]1O[C@H](CO)[C@@H](O)[C@H]1O. The van der Waals surface area contributed by atoms with Crippen molar-refractivity contribution in [3.05, 3.63) is 6.33 Å². The van der Waals surface area contributed by atoms with E-state index in [2.05, 4.69) is 15.0 Å². The average Bonchev–Trinajstić information content (AvgIpc) is 3.27. The van der Waals surface area contributed by atoms with Crippen LogP contribution in [-0.2, 0) is 14.3 Å². The Morgan fingerprint density at radius 2 is 1.97 bits per heavy atom. The van der Waals surface area contributed by atoms with Gasteiger partial charge in [-0.2, -0.15) is 14.5 Å². The van der Waals surface area contributed by atoms with E-state index < -0.39 is 53.9 Å². The van der Waals surface area contributed by atoms with Crippen LogP contribution in [0.5, 0.6) is 0 Å². The lowest BCUT2D eigenvalue weighted by Crippen LogP contribution is -2.71. The van der Waals surface area contributed by atoms with E-state index in [0.29, 0.717) is 0 Å². The smallest absolute Gasteiger partial charge is 0.317 e. The number of rotatable bonds is 6. The Balaban J connectivity index is 1.81. The molecule has 7 atom stereocenters. The lowest BCUT2D eigenvalue weighted by Gasteiger charge is -2.46. The number of aliphatic hydroxyl groups is 4. The Morgan fingerprint density at radius 1 is 1.19 bits per heavy atom. The summed E-state index contributed by atoms with van der Waals surface area (Å²) in [5.41, 5.74) is 6.17. The number of hydrogen-bond acceptors (Lipinski definition) is 12. The van der Waals surface area contributed by atoms with Gasteiger partial charge in [0.1, 0.15) is 18.5 Å². The highest BCUT2D eigenvalue weighted by molar-refractivity contribution is 5.91. The summed E-state index contributed by atoms with van der Waals surface area (Å²) < 4.78 is 11.4. The number of nitrogen functional groups attached to an aromatic ring is 1. The van der Waals surface area contributed by atoms with Crippen LogP contribution in [0.1, 0.15) is 0 Å². The first-order valence-electron chi connectivity index (χ1n) is 9.69. The van der Waals surface area contributed by atoms with Gasteiger partial charge in [-0.1, -0.05) is 0 Å². The molecule has 0 spiro atoms. The first-order chi connectivity index (χ1) is 14.8. The summed E-state index contributed by atoms with van der Waals surface area (Å²) in [7, 11) is 0. The minimum atomic E-state index is -1.46. The van der Waals surface area contributed by atoms with Gasteiger partial charge in [-0.25, -0.2) is 4.98 Å². The molecule has 170 valence electrons. The minimum absolute atomic E-state index is 0.0602. The molecular weight excluding hydrogens is 416 g/mol. The second kappa shape index (κ2) is 8.33. The van der Waals surface area contributed by atoms with Gasteiger partial charge < -0.3 is 40.7 Å². The van der Waals surface area contributed by atoms with Crippen molar-refractivity contribution in [2.24, 2.45) is 4.99 Å². The number of anilines is 1. The zero-order valence-electron chi connectivity index (χ0n) is 16.4. The number of quaternary nitrogens is 1. The van der Waals surface area contributed by atoms with Gasteiger partial charge >= 0.3 is 5.97 Å². The van der Waals surface area contributed by atoms with Crippen molar-refractivity contribution in [1.29, 1.82) is 0 Å². The monoisotopic (exact) mass is 441 g/mol. The van der Waals surface area contributed by atoms with Crippen LogP contribution in [0.3, 0.4) is 0 Å². The largest absolute Gasteiger partial charge is 0.480 e. The van der Waals surface area contributed by atoms with E-state index in [0.717, 1.165) is 0 Å². The first kappa shape index (κ1) is 21.9. The first-order valence-corrected chi connectivity index (χ1v) is 9.69. The number of aromatic nitrogens is 2. The number of aliphatic carboxylic acids is 1. The Morgan fingerprint density at radius 3 is 2.61 bits per heavy atom. The van der Waals surface area contributed by atoms with Gasteiger partial charge in [0.25, 0.3) is 5.82 Å². The Bertz CT molecular complexity index is 873. The van der Waals surface area contributed by atoms with Gasteiger partial charge in [-0.3, -0.25) is 9.69 Å². The normalized spacial score (nSPS) is 37.8. The van der Waals surface area contributed by atoms with Crippen molar-refractivity contribution in [2.45, 2.75) is 36.9 Å². The highest BCUT2D eigenvalue weighted by Crippen LogP contribution is 2.46. The fraction of sp³-hybridized carbons (Fsp3) is 0.647. The number of aliphatic hydroxyl groups excluding tert-OH is 4. The number of ether oxygens (including phenoxy) is 2. The van der Waals surface area contributed by atoms with Crippen LogP contribution in [0.15, 0.2) is 11.3 Å². The Kier molecular flexibility index (Phi) is 5.89. The molecule has 14 heteroatoms. The van der Waals surface area contributed by atoms with Crippen molar-refractivity contribution in [2.75, 3.05) is 38.6 Å². The molecule has 0 amide bonds. The Labute approximate surface area is 176 Å². The molecular formula is C17H25N6O8+. The van der Waals surface area contributed by atoms with Gasteiger partial charge in [0.05, 0.1) is 32.4 Å². The summed E-state index contributed by atoms with van der Waals surface area (Å²) in [4.78, 5) is 25.4. The van der Waals surface area contributed by atoms with Crippen LogP contribution in [0.4, 0.5) is 17.3 Å². The molecule has 0 radical (unpaired) electrons. The van der Waals surface area contributed by atoms with Gasteiger partial charge in [0.2, 0.25) is 18.8 Å². The second-order valence-corrected chi connectivity index (χ2v) is 7.72. The van der Waals surface area contributed by atoms with E-state index in [9.17, 15) is 30.3 Å². The number of aliphatic imine (C=N–C) groups is 1. The molecule has 7 N–H and O–H groups in total. The van der Waals surface area contributed by atoms with E-state index in [4.69, 9.17) is 15.2 Å². The molecule has 14 nitrogen and oxygen atoms in total. The molecule has 1 aromatic rings. The average molecular weight is 441 g/mol. The topological polar surface area (TPSA) is 204 Å². The molecule has 3 aliphatic heterocycles. The number of nitrogens with zero attached hydrogens (tertiary/aromatic N) is 5. The lowest BCUT2D eigenvalue weighted by molar-refractivity contribution is -0.187. The van der Waals surface area contributed by atoms with Gasteiger partial charge in [-0.05, 0) is 0 Å². The maximum Gasteiger partial charge on any atom is 0.317 e. The molecule has 2 fully saturated rings. The molecule has 0 aromatic carbocycles. The van der Waals surface area contributed by atoms with Crippen LogP contribution in [0, 0.1) is 0 Å². The zero-order valence-corrected chi connectivity index (χ0v) is 16.4. The number of carbonyl (C=O) groups is 1. The van der Waals surface area contributed by atoms with E-state index in [1.807, 2.05) is 0 Å². The number of morpholine rings is 1. The van der Waals surface area contributed by atoms with E-state index in [1.54, 1.807) is 4.90 Å². The number of carboxylic acid groups (broad SMARTS) is 1. The van der Waals surface area contributed by atoms with Crippen molar-refractivity contribution in [1.82, 2.24) is 19.4 Å². The van der Waals surface area contributed by atoms with Crippen molar-refractivity contribution < 1.29 is 39.8 Å². The number of fused-ring (bicyclic) bond motifs is 1. The van der Waals surface area contributed by atoms with Crippen molar-refractivity contribution >= 4 is 29.6 Å². The van der Waals surface area contributed by atoms with Crippen LogP contribution in [-0.4, -0.2) is 122 Å². The quantitative estimate of drug-likeness (QED) is 0.239. The van der Waals surface area contributed by atoms with E-state index >= 15 is 0 Å². The molecule has 31 heavy (non-hydrogen) atoms. The maximum absolute atomic E-state index is 11.3. The van der Waals surface area contributed by atoms with E-state index in [1.165, 1.54) is 12.7 Å². The highest BCUT2D eigenvalue weighted by Gasteiger charge is 2.62.